The van der Waals surface area contributed by atoms with E-state index in [1.54, 1.807) is 30.3 Å². The lowest BCUT2D eigenvalue weighted by molar-refractivity contribution is -0.113. The third-order valence-corrected chi connectivity index (χ3v) is 5.47. The molecule has 1 fully saturated rings. The number of carboxylic acid groups (broad SMARTS) is 1. The molecule has 1 N–H and O–H groups in total. The van der Waals surface area contributed by atoms with Crippen LogP contribution in [0, 0.1) is 5.82 Å². The number of thiocarbonyl (C=S) groups is 1. The number of carbonyl (C=O) groups is 2. The second kappa shape index (κ2) is 7.65. The molecule has 3 aromatic rings. The zero-order valence-electron chi connectivity index (χ0n) is 14.7. The molecule has 1 aliphatic rings. The molecule has 2 aromatic carbocycles. The van der Waals surface area contributed by atoms with Crippen molar-refractivity contribution in [1.82, 2.24) is 0 Å². The lowest BCUT2D eigenvalue weighted by atomic mass is 10.1. The number of amides is 1. The number of carboxylic acids is 1. The van der Waals surface area contributed by atoms with Gasteiger partial charge in [-0.15, -0.1) is 0 Å². The van der Waals surface area contributed by atoms with Crippen LogP contribution < -0.4 is 4.90 Å². The van der Waals surface area contributed by atoms with Gasteiger partial charge < -0.3 is 9.52 Å². The lowest BCUT2D eigenvalue weighted by Crippen LogP contribution is -2.27. The van der Waals surface area contributed by atoms with Crippen LogP contribution in [0.4, 0.5) is 10.1 Å². The average Bonchev–Trinajstić information content (AvgIpc) is 3.28. The fourth-order valence-corrected chi connectivity index (χ4v) is 4.08. The Morgan fingerprint density at radius 1 is 1.14 bits per heavy atom. The number of furan rings is 1. The molecule has 8 heteroatoms. The summed E-state index contributed by atoms with van der Waals surface area (Å²) in [5.41, 5.74) is 1.26. The number of halogens is 1. The number of benzene rings is 2. The molecule has 5 nitrogen and oxygen atoms in total. The zero-order valence-corrected chi connectivity index (χ0v) is 16.3. The van der Waals surface area contributed by atoms with Gasteiger partial charge >= 0.3 is 5.97 Å². The molecule has 1 amide bonds. The van der Waals surface area contributed by atoms with Crippen LogP contribution in [0.1, 0.15) is 16.1 Å². The van der Waals surface area contributed by atoms with Crippen molar-refractivity contribution in [2.45, 2.75) is 0 Å². The summed E-state index contributed by atoms with van der Waals surface area (Å²) >= 11 is 6.42. The van der Waals surface area contributed by atoms with E-state index in [2.05, 4.69) is 0 Å². The van der Waals surface area contributed by atoms with Gasteiger partial charge in [0.1, 0.15) is 17.3 Å². The molecule has 0 saturated carbocycles. The summed E-state index contributed by atoms with van der Waals surface area (Å²) in [4.78, 5) is 25.6. The van der Waals surface area contributed by atoms with E-state index in [9.17, 15) is 14.0 Å². The third-order valence-electron chi connectivity index (χ3n) is 4.17. The van der Waals surface area contributed by atoms with Crippen molar-refractivity contribution in [2.75, 3.05) is 4.90 Å². The first-order valence-corrected chi connectivity index (χ1v) is 9.62. The van der Waals surface area contributed by atoms with Crippen molar-refractivity contribution >= 4 is 51.9 Å². The van der Waals surface area contributed by atoms with Crippen LogP contribution in [0.3, 0.4) is 0 Å². The fourth-order valence-electron chi connectivity index (χ4n) is 2.80. The average molecular weight is 425 g/mol. The van der Waals surface area contributed by atoms with Gasteiger partial charge in [-0.3, -0.25) is 9.69 Å². The second-order valence-corrected chi connectivity index (χ2v) is 7.76. The molecular formula is C21H12FNO4S2. The predicted octanol–water partition coefficient (Wildman–Crippen LogP) is 5.19. The zero-order chi connectivity index (χ0) is 20.5. The highest BCUT2D eigenvalue weighted by atomic mass is 32.2. The molecule has 1 aliphatic heterocycles. The minimum Gasteiger partial charge on any atom is -0.478 e. The Labute approximate surface area is 174 Å². The van der Waals surface area contributed by atoms with Gasteiger partial charge in [0.05, 0.1) is 16.2 Å². The molecule has 0 unspecified atom stereocenters. The second-order valence-electron chi connectivity index (χ2n) is 6.08. The minimum atomic E-state index is -1.02. The molecular weight excluding hydrogens is 413 g/mol. The monoisotopic (exact) mass is 425 g/mol. The van der Waals surface area contributed by atoms with Gasteiger partial charge in [0.2, 0.25) is 0 Å². The molecule has 1 aromatic heterocycles. The standard InChI is InChI=1S/C21H12FNO4S2/c22-14-4-6-15(7-5-14)23-19(24)18(29-21(23)28)11-16-8-9-17(27-16)12-2-1-3-13(10-12)20(25)26/h1-11H,(H,25,26). The third kappa shape index (κ3) is 3.85. The van der Waals surface area contributed by atoms with Gasteiger partial charge in [0, 0.05) is 11.6 Å². The van der Waals surface area contributed by atoms with E-state index < -0.39 is 11.8 Å². The molecule has 0 atom stereocenters. The summed E-state index contributed by atoms with van der Waals surface area (Å²) in [7, 11) is 0. The van der Waals surface area contributed by atoms with Crippen molar-refractivity contribution < 1.29 is 23.5 Å². The molecule has 0 aliphatic carbocycles. The van der Waals surface area contributed by atoms with Crippen LogP contribution in [0.25, 0.3) is 17.4 Å². The van der Waals surface area contributed by atoms with Crippen molar-refractivity contribution in [1.29, 1.82) is 0 Å². The maximum absolute atomic E-state index is 13.1. The molecule has 0 spiro atoms. The molecule has 1 saturated heterocycles. The maximum atomic E-state index is 13.1. The number of rotatable bonds is 4. The van der Waals surface area contributed by atoms with Crippen LogP contribution in [-0.2, 0) is 4.79 Å². The van der Waals surface area contributed by atoms with E-state index >= 15 is 0 Å². The lowest BCUT2D eigenvalue weighted by Gasteiger charge is -2.14. The molecule has 2 heterocycles. The quantitative estimate of drug-likeness (QED) is 0.458. The van der Waals surface area contributed by atoms with Crippen LogP contribution >= 0.6 is 24.0 Å². The molecule has 29 heavy (non-hydrogen) atoms. The highest BCUT2D eigenvalue weighted by molar-refractivity contribution is 8.27. The van der Waals surface area contributed by atoms with Crippen molar-refractivity contribution in [3.63, 3.8) is 0 Å². The van der Waals surface area contributed by atoms with E-state index in [1.165, 1.54) is 41.3 Å². The summed E-state index contributed by atoms with van der Waals surface area (Å²) in [5, 5.41) is 9.12. The number of aromatic carboxylic acids is 1. The van der Waals surface area contributed by atoms with Crippen molar-refractivity contribution in [3.8, 4) is 11.3 Å². The van der Waals surface area contributed by atoms with Gasteiger partial charge in [0.25, 0.3) is 5.91 Å². The van der Waals surface area contributed by atoms with Crippen LogP contribution in [-0.4, -0.2) is 21.3 Å². The first-order chi connectivity index (χ1) is 13.9. The molecule has 0 radical (unpaired) electrons. The van der Waals surface area contributed by atoms with Gasteiger partial charge in [-0.25, -0.2) is 9.18 Å². The number of carbonyl (C=O) groups excluding carboxylic acids is 1. The molecule has 0 bridgehead atoms. The predicted molar refractivity (Wildman–Crippen MR) is 113 cm³/mol. The Hall–Kier alpha value is -3.23. The summed E-state index contributed by atoms with van der Waals surface area (Å²) in [6.07, 6.45) is 1.58. The number of thioether (sulfide) groups is 1. The number of hydrogen-bond acceptors (Lipinski definition) is 5. The first-order valence-electron chi connectivity index (χ1n) is 8.39. The highest BCUT2D eigenvalue weighted by Gasteiger charge is 2.33. The Morgan fingerprint density at radius 2 is 1.90 bits per heavy atom. The highest BCUT2D eigenvalue weighted by Crippen LogP contribution is 2.36. The summed E-state index contributed by atoms with van der Waals surface area (Å²) in [6.45, 7) is 0. The van der Waals surface area contributed by atoms with Gasteiger partial charge in [-0.05, 0) is 48.5 Å². The van der Waals surface area contributed by atoms with Crippen LogP contribution in [0.15, 0.2) is 70.0 Å². The number of nitrogens with zero attached hydrogens (tertiary/aromatic N) is 1. The molecule has 144 valence electrons. The fraction of sp³-hybridized carbons (Fsp3) is 0. The van der Waals surface area contributed by atoms with Gasteiger partial charge in [-0.2, -0.15) is 0 Å². The summed E-state index contributed by atoms with van der Waals surface area (Å²) in [6, 6.07) is 15.3. The van der Waals surface area contributed by atoms with Crippen molar-refractivity contribution in [3.05, 3.63) is 82.7 Å². The Morgan fingerprint density at radius 3 is 2.62 bits per heavy atom. The summed E-state index contributed by atoms with van der Waals surface area (Å²) in [5.74, 6) is -0.834. The number of anilines is 1. The Bertz CT molecular complexity index is 1170. The van der Waals surface area contributed by atoms with E-state index in [0.29, 0.717) is 32.0 Å². The van der Waals surface area contributed by atoms with Crippen LogP contribution in [0.5, 0.6) is 0 Å². The largest absolute Gasteiger partial charge is 0.478 e. The summed E-state index contributed by atoms with van der Waals surface area (Å²) < 4.78 is 19.2. The topological polar surface area (TPSA) is 70.8 Å². The van der Waals surface area contributed by atoms with Crippen LogP contribution in [0.2, 0.25) is 0 Å². The van der Waals surface area contributed by atoms with E-state index in [-0.39, 0.29) is 11.5 Å². The number of hydrogen-bond donors (Lipinski definition) is 1. The van der Waals surface area contributed by atoms with Crippen molar-refractivity contribution in [2.24, 2.45) is 0 Å². The first kappa shape index (κ1) is 19.1. The van der Waals surface area contributed by atoms with E-state index in [4.69, 9.17) is 21.7 Å². The minimum absolute atomic E-state index is 0.153. The van der Waals surface area contributed by atoms with Gasteiger partial charge in [-0.1, -0.05) is 36.1 Å². The smallest absolute Gasteiger partial charge is 0.335 e. The molecule has 4 rings (SSSR count). The Kier molecular flexibility index (Phi) is 5.04. The Balaban J connectivity index is 1.60. The SMILES string of the molecule is O=C(O)c1cccc(-c2ccc(C=C3SC(=S)N(c4ccc(F)cc4)C3=O)o2)c1. The maximum Gasteiger partial charge on any atom is 0.335 e. The normalized spacial score (nSPS) is 15.3. The van der Waals surface area contributed by atoms with E-state index in [0.717, 1.165) is 11.8 Å². The van der Waals surface area contributed by atoms with E-state index in [1.807, 2.05) is 0 Å². The van der Waals surface area contributed by atoms with Gasteiger partial charge in [0.15, 0.2) is 4.32 Å².